The third-order valence-corrected chi connectivity index (χ3v) is 3.58. The Bertz CT molecular complexity index is 599. The fraction of sp³-hybridized carbons (Fsp3) is 0.273. The van der Waals surface area contributed by atoms with Gasteiger partial charge in [-0.3, -0.25) is 0 Å². The largest absolute Gasteiger partial charge is 0.221 e. The zero-order chi connectivity index (χ0) is 20.5. The van der Waals surface area contributed by atoms with Crippen LogP contribution in [0.5, 0.6) is 0 Å². The van der Waals surface area contributed by atoms with Gasteiger partial charge in [-0.15, -0.1) is 0 Å². The van der Waals surface area contributed by atoms with Crippen LogP contribution < -0.4 is 0 Å². The molecule has 152 valence electrons. The summed E-state index contributed by atoms with van der Waals surface area (Å²) in [5, 5.41) is 3.69. The molecule has 2 rings (SSSR count). The van der Waals surface area contributed by atoms with E-state index in [-0.39, 0.29) is 12.2 Å². The van der Waals surface area contributed by atoms with E-state index in [2.05, 4.69) is 0 Å². The summed E-state index contributed by atoms with van der Waals surface area (Å²) in [6.45, 7) is 7.67. The van der Waals surface area contributed by atoms with Crippen molar-refractivity contribution in [2.45, 2.75) is 39.9 Å². The van der Waals surface area contributed by atoms with Gasteiger partial charge in [0.05, 0.1) is 36.3 Å². The summed E-state index contributed by atoms with van der Waals surface area (Å²) in [6.07, 6.45) is 4.11. The van der Waals surface area contributed by atoms with E-state index in [0.29, 0.717) is 0 Å². The van der Waals surface area contributed by atoms with Crippen molar-refractivity contribution in [3.8, 4) is 0 Å². The molecule has 0 aliphatic heterocycles. The van der Waals surface area contributed by atoms with Crippen molar-refractivity contribution in [2.75, 3.05) is 0 Å². The second kappa shape index (κ2) is 16.4. The highest BCUT2D eigenvalue weighted by Crippen LogP contribution is 2.11. The van der Waals surface area contributed by atoms with E-state index in [4.69, 9.17) is 18.4 Å². The van der Waals surface area contributed by atoms with Crippen molar-refractivity contribution in [3.05, 3.63) is 82.6 Å². The van der Waals surface area contributed by atoms with E-state index in [1.165, 1.54) is 24.1 Å². The molecule has 2 aromatic rings. The molecule has 0 saturated heterocycles. The smallest absolute Gasteiger partial charge is 0.0886 e. The van der Waals surface area contributed by atoms with Gasteiger partial charge in [0, 0.05) is 10.8 Å². The summed E-state index contributed by atoms with van der Waals surface area (Å²) in [5.74, 6) is 0. The van der Waals surface area contributed by atoms with Crippen molar-refractivity contribution < 1.29 is 18.4 Å². The molecule has 2 aromatic carbocycles. The van der Waals surface area contributed by atoms with Crippen molar-refractivity contribution in [1.82, 2.24) is 0 Å². The molecular weight excluding hydrogens is 392 g/mol. The third kappa shape index (κ3) is 14.5. The maximum atomic E-state index is 4.89. The highest BCUT2D eigenvalue weighted by molar-refractivity contribution is 7.97. The molecule has 0 aliphatic rings. The molecule has 6 heteroatoms. The first-order valence-corrected chi connectivity index (χ1v) is 10.6. The van der Waals surface area contributed by atoms with Gasteiger partial charge in [-0.05, 0) is 51.0 Å². The molecule has 0 amide bonds. The lowest BCUT2D eigenvalue weighted by Gasteiger charge is -2.01. The quantitative estimate of drug-likeness (QED) is 0.173. The fourth-order valence-corrected chi connectivity index (χ4v) is 2.51. The number of benzene rings is 2. The second-order valence-electron chi connectivity index (χ2n) is 6.05. The Kier molecular flexibility index (Phi) is 14.4. The maximum absolute atomic E-state index is 4.89. The molecule has 0 saturated carbocycles. The third-order valence-electron chi connectivity index (χ3n) is 2.77. The topological polar surface area (TPSA) is 36.9 Å². The Morgan fingerprint density at radius 1 is 0.607 bits per heavy atom. The summed E-state index contributed by atoms with van der Waals surface area (Å²) < 4.78 is 9.69. The molecule has 0 N–H and O–H groups in total. The summed E-state index contributed by atoms with van der Waals surface area (Å²) in [6, 6.07) is 20.1. The molecule has 0 bridgehead atoms. The Balaban J connectivity index is 0.000000280. The minimum atomic E-state index is 0.0904. The molecule has 0 heterocycles. The van der Waals surface area contributed by atoms with Gasteiger partial charge < -0.3 is 0 Å². The Labute approximate surface area is 177 Å². The van der Waals surface area contributed by atoms with Crippen molar-refractivity contribution >= 4 is 36.2 Å². The molecule has 0 aromatic heterocycles. The van der Waals surface area contributed by atoms with Gasteiger partial charge in [-0.2, -0.15) is 8.67 Å². The average molecular weight is 421 g/mol. The van der Waals surface area contributed by atoms with Gasteiger partial charge >= 0.3 is 0 Å². The minimum absolute atomic E-state index is 0.0904. The molecule has 0 fully saturated rings. The number of rotatable bonds is 10. The predicted molar refractivity (Wildman–Crippen MR) is 121 cm³/mol. The highest BCUT2D eigenvalue weighted by atomic mass is 32.2. The van der Waals surface area contributed by atoms with Crippen molar-refractivity contribution in [1.29, 1.82) is 0 Å². The van der Waals surface area contributed by atoms with Gasteiger partial charge in [0.25, 0.3) is 0 Å². The average Bonchev–Trinajstić information content (AvgIpc) is 2.69. The first-order chi connectivity index (χ1) is 13.6. The van der Waals surface area contributed by atoms with Crippen molar-refractivity contribution in [2.24, 2.45) is 0 Å². The first-order valence-electron chi connectivity index (χ1n) is 8.98. The van der Waals surface area contributed by atoms with E-state index in [1.54, 1.807) is 0 Å². The second-order valence-corrected chi connectivity index (χ2v) is 7.25. The summed E-state index contributed by atoms with van der Waals surface area (Å²) in [4.78, 5) is 9.78. The normalized spacial score (nSPS) is 11.4. The molecule has 28 heavy (non-hydrogen) atoms. The van der Waals surface area contributed by atoms with Gasteiger partial charge in [0.1, 0.15) is 0 Å². The maximum Gasteiger partial charge on any atom is 0.0886 e. The van der Waals surface area contributed by atoms with Gasteiger partial charge in [-0.25, -0.2) is 9.78 Å². The summed E-state index contributed by atoms with van der Waals surface area (Å²) in [7, 11) is 0. The zero-order valence-electron chi connectivity index (χ0n) is 16.7. The lowest BCUT2D eigenvalue weighted by molar-refractivity contribution is -0.219. The number of hydrogen-bond acceptors (Lipinski definition) is 6. The van der Waals surface area contributed by atoms with Crippen LogP contribution in [0.1, 0.15) is 38.8 Å². The molecule has 4 nitrogen and oxygen atoms in total. The molecule has 0 unspecified atom stereocenters. The summed E-state index contributed by atoms with van der Waals surface area (Å²) in [5.41, 5.74) is 2.29. The molecule has 0 spiro atoms. The number of hydrogen-bond donors (Lipinski definition) is 0. The Morgan fingerprint density at radius 3 is 1.29 bits per heavy atom. The van der Waals surface area contributed by atoms with E-state index in [9.17, 15) is 0 Å². The van der Waals surface area contributed by atoms with E-state index in [0.717, 1.165) is 11.1 Å². The SMILES string of the molecule is CC(C)OOS/C=C/c1ccccc1.CC(C)OOS/C=C\c1ccccc1. The van der Waals surface area contributed by atoms with Gasteiger partial charge in [-0.1, -0.05) is 60.7 Å². The van der Waals surface area contributed by atoms with Crippen molar-refractivity contribution in [3.63, 3.8) is 0 Å². The Morgan fingerprint density at radius 2 is 0.964 bits per heavy atom. The van der Waals surface area contributed by atoms with Crippen LogP contribution >= 0.6 is 24.1 Å². The molecule has 0 aliphatic carbocycles. The fourth-order valence-electron chi connectivity index (χ4n) is 1.59. The molecular formula is C22H28O4S2. The molecule has 0 radical (unpaired) electrons. The lowest BCUT2D eigenvalue weighted by atomic mass is 10.2. The van der Waals surface area contributed by atoms with Gasteiger partial charge in [0.15, 0.2) is 0 Å². The van der Waals surface area contributed by atoms with E-state index < -0.39 is 0 Å². The standard InChI is InChI=1S/2C11H14O2S/c2*1-10(2)12-13-14-9-8-11-6-4-3-5-7-11/h2*3-10H,1-2H3/b9-8+;9-8-. The highest BCUT2D eigenvalue weighted by Gasteiger charge is 1.92. The Hall–Kier alpha value is -1.54. The van der Waals surface area contributed by atoms with Crippen LogP contribution in [0.4, 0.5) is 0 Å². The van der Waals surface area contributed by atoms with E-state index >= 15 is 0 Å². The zero-order valence-corrected chi connectivity index (χ0v) is 18.3. The van der Waals surface area contributed by atoms with Crippen LogP contribution in [0.2, 0.25) is 0 Å². The van der Waals surface area contributed by atoms with Crippen LogP contribution in [-0.2, 0) is 18.4 Å². The monoisotopic (exact) mass is 420 g/mol. The van der Waals surface area contributed by atoms with Crippen LogP contribution in [0.25, 0.3) is 12.2 Å². The first kappa shape index (κ1) is 24.5. The lowest BCUT2D eigenvalue weighted by Crippen LogP contribution is -1.98. The van der Waals surface area contributed by atoms with Crippen LogP contribution in [-0.4, -0.2) is 12.2 Å². The summed E-state index contributed by atoms with van der Waals surface area (Å²) >= 11 is 2.35. The van der Waals surface area contributed by atoms with Gasteiger partial charge in [0.2, 0.25) is 0 Å². The molecule has 0 atom stereocenters. The van der Waals surface area contributed by atoms with E-state index in [1.807, 2.05) is 111 Å². The van der Waals surface area contributed by atoms with Crippen LogP contribution in [0.3, 0.4) is 0 Å². The minimum Gasteiger partial charge on any atom is -0.221 e. The predicted octanol–water partition coefficient (Wildman–Crippen LogP) is 7.32. The van der Waals surface area contributed by atoms with Crippen LogP contribution in [0, 0.1) is 0 Å². The van der Waals surface area contributed by atoms with Crippen LogP contribution in [0.15, 0.2) is 71.5 Å².